The Morgan fingerprint density at radius 3 is 2.62 bits per heavy atom. The topological polar surface area (TPSA) is 56.3 Å². The van der Waals surface area contributed by atoms with E-state index in [9.17, 15) is 0 Å². The summed E-state index contributed by atoms with van der Waals surface area (Å²) in [5, 5.41) is 3.37. The molecule has 2 rings (SSSR count). The standard InChI is InChI=1S/C16H27N3O2/c1-12-14(6-4-8-17-9-11-20-3)13(2)19-16(18-12)15-7-5-10-21-15/h15,17H,4-11H2,1-3H3. The first kappa shape index (κ1) is 16.3. The number of nitrogens with zero attached hydrogens (tertiary/aromatic N) is 2. The van der Waals surface area contributed by atoms with E-state index in [0.29, 0.717) is 0 Å². The van der Waals surface area contributed by atoms with E-state index >= 15 is 0 Å². The molecule has 1 N–H and O–H groups in total. The van der Waals surface area contributed by atoms with Crippen LogP contribution in [0.15, 0.2) is 0 Å². The normalized spacial score (nSPS) is 18.3. The fraction of sp³-hybridized carbons (Fsp3) is 0.750. The van der Waals surface area contributed by atoms with E-state index < -0.39 is 0 Å². The second kappa shape index (κ2) is 8.41. The first-order valence-electron chi connectivity index (χ1n) is 7.87. The van der Waals surface area contributed by atoms with Crippen LogP contribution in [0.25, 0.3) is 0 Å². The molecule has 1 fully saturated rings. The van der Waals surface area contributed by atoms with Gasteiger partial charge in [-0.2, -0.15) is 0 Å². The minimum atomic E-state index is 0.104. The predicted molar refractivity (Wildman–Crippen MR) is 82.5 cm³/mol. The van der Waals surface area contributed by atoms with Gasteiger partial charge in [0.1, 0.15) is 6.10 Å². The van der Waals surface area contributed by atoms with Gasteiger partial charge in [-0.05, 0) is 51.6 Å². The molecular formula is C16H27N3O2. The van der Waals surface area contributed by atoms with Gasteiger partial charge in [0.25, 0.3) is 0 Å². The third-order valence-corrected chi connectivity index (χ3v) is 3.92. The van der Waals surface area contributed by atoms with Crippen molar-refractivity contribution in [3.05, 3.63) is 22.8 Å². The molecule has 1 saturated heterocycles. The summed E-state index contributed by atoms with van der Waals surface area (Å²) < 4.78 is 10.7. The maximum atomic E-state index is 5.68. The number of nitrogens with one attached hydrogen (secondary N) is 1. The van der Waals surface area contributed by atoms with Gasteiger partial charge in [-0.3, -0.25) is 0 Å². The summed E-state index contributed by atoms with van der Waals surface area (Å²) in [4.78, 5) is 9.34. The highest BCUT2D eigenvalue weighted by Gasteiger charge is 2.21. The fourth-order valence-corrected chi connectivity index (χ4v) is 2.74. The lowest BCUT2D eigenvalue weighted by atomic mass is 10.1. The second-order valence-electron chi connectivity index (χ2n) is 5.58. The molecule has 5 nitrogen and oxygen atoms in total. The SMILES string of the molecule is COCCNCCCc1c(C)nc(C2CCCO2)nc1C. The Bertz CT molecular complexity index is 422. The molecule has 0 saturated carbocycles. The molecule has 1 atom stereocenters. The average Bonchev–Trinajstić information content (AvgIpc) is 2.99. The number of aromatic nitrogens is 2. The van der Waals surface area contributed by atoms with Crippen LogP contribution < -0.4 is 5.32 Å². The summed E-state index contributed by atoms with van der Waals surface area (Å²) in [6, 6.07) is 0. The average molecular weight is 293 g/mol. The first-order valence-corrected chi connectivity index (χ1v) is 7.87. The summed E-state index contributed by atoms with van der Waals surface area (Å²) in [5.41, 5.74) is 3.49. The molecule has 1 aliphatic rings. The summed E-state index contributed by atoms with van der Waals surface area (Å²) in [5.74, 6) is 0.865. The minimum absolute atomic E-state index is 0.104. The van der Waals surface area contributed by atoms with Gasteiger partial charge in [-0.15, -0.1) is 0 Å². The Balaban J connectivity index is 1.88. The molecule has 0 spiro atoms. The highest BCUT2D eigenvalue weighted by Crippen LogP contribution is 2.27. The van der Waals surface area contributed by atoms with E-state index in [4.69, 9.17) is 9.47 Å². The fourth-order valence-electron chi connectivity index (χ4n) is 2.74. The number of hydrogen-bond donors (Lipinski definition) is 1. The zero-order valence-electron chi connectivity index (χ0n) is 13.4. The summed E-state index contributed by atoms with van der Waals surface area (Å²) >= 11 is 0. The first-order chi connectivity index (χ1) is 10.2. The lowest BCUT2D eigenvalue weighted by Gasteiger charge is -2.14. The minimum Gasteiger partial charge on any atom is -0.383 e. The second-order valence-corrected chi connectivity index (χ2v) is 5.58. The van der Waals surface area contributed by atoms with E-state index in [-0.39, 0.29) is 6.10 Å². The van der Waals surface area contributed by atoms with Crippen molar-refractivity contribution >= 4 is 0 Å². The molecule has 118 valence electrons. The molecule has 21 heavy (non-hydrogen) atoms. The van der Waals surface area contributed by atoms with E-state index in [0.717, 1.165) is 69.2 Å². The van der Waals surface area contributed by atoms with Gasteiger partial charge < -0.3 is 14.8 Å². The van der Waals surface area contributed by atoms with Crippen LogP contribution in [0.4, 0.5) is 0 Å². The van der Waals surface area contributed by atoms with Crippen molar-refractivity contribution in [3.63, 3.8) is 0 Å². The molecule has 0 aromatic carbocycles. The van der Waals surface area contributed by atoms with Gasteiger partial charge in [0.2, 0.25) is 0 Å². The molecule has 0 amide bonds. The van der Waals surface area contributed by atoms with Crippen LogP contribution in [0.2, 0.25) is 0 Å². The summed E-state index contributed by atoms with van der Waals surface area (Å²) in [6.07, 6.45) is 4.37. The maximum Gasteiger partial charge on any atom is 0.157 e. The van der Waals surface area contributed by atoms with Crippen molar-refractivity contribution in [2.45, 2.75) is 45.6 Å². The Labute approximate surface area is 127 Å². The molecule has 2 heterocycles. The monoisotopic (exact) mass is 293 g/mol. The predicted octanol–water partition coefficient (Wildman–Crippen LogP) is 2.11. The van der Waals surface area contributed by atoms with E-state index in [1.165, 1.54) is 5.56 Å². The van der Waals surface area contributed by atoms with Crippen molar-refractivity contribution in [1.29, 1.82) is 0 Å². The van der Waals surface area contributed by atoms with E-state index in [1.54, 1.807) is 7.11 Å². The van der Waals surface area contributed by atoms with Gasteiger partial charge in [-0.25, -0.2) is 9.97 Å². The molecule has 1 aromatic heterocycles. The Kier molecular flexibility index (Phi) is 6.54. The van der Waals surface area contributed by atoms with Gasteiger partial charge in [0.15, 0.2) is 5.82 Å². The zero-order valence-corrected chi connectivity index (χ0v) is 13.4. The lowest BCUT2D eigenvalue weighted by molar-refractivity contribution is 0.104. The van der Waals surface area contributed by atoms with Crippen LogP contribution in [0.1, 0.15) is 48.1 Å². The van der Waals surface area contributed by atoms with Crippen LogP contribution in [-0.4, -0.2) is 43.4 Å². The number of rotatable bonds is 8. The van der Waals surface area contributed by atoms with Crippen molar-refractivity contribution < 1.29 is 9.47 Å². The zero-order chi connectivity index (χ0) is 15.1. The number of methoxy groups -OCH3 is 1. The van der Waals surface area contributed by atoms with Gasteiger partial charge in [0.05, 0.1) is 6.61 Å². The molecule has 0 aliphatic carbocycles. The van der Waals surface area contributed by atoms with E-state index in [2.05, 4.69) is 29.1 Å². The van der Waals surface area contributed by atoms with Crippen molar-refractivity contribution in [2.24, 2.45) is 0 Å². The molecule has 0 bridgehead atoms. The number of ether oxygens (including phenoxy) is 2. The molecular weight excluding hydrogens is 266 g/mol. The van der Waals surface area contributed by atoms with Crippen molar-refractivity contribution in [3.8, 4) is 0 Å². The van der Waals surface area contributed by atoms with Gasteiger partial charge >= 0.3 is 0 Å². The van der Waals surface area contributed by atoms with Gasteiger partial charge in [-0.1, -0.05) is 0 Å². The number of aryl methyl sites for hydroxylation is 2. The van der Waals surface area contributed by atoms with Crippen molar-refractivity contribution in [1.82, 2.24) is 15.3 Å². The molecule has 5 heteroatoms. The van der Waals surface area contributed by atoms with Crippen molar-refractivity contribution in [2.75, 3.05) is 33.4 Å². The molecule has 1 aliphatic heterocycles. The van der Waals surface area contributed by atoms with Crippen LogP contribution in [-0.2, 0) is 15.9 Å². The highest BCUT2D eigenvalue weighted by molar-refractivity contribution is 5.25. The quantitative estimate of drug-likeness (QED) is 0.744. The number of hydrogen-bond acceptors (Lipinski definition) is 5. The van der Waals surface area contributed by atoms with Crippen LogP contribution in [0.3, 0.4) is 0 Å². The Morgan fingerprint density at radius 1 is 1.24 bits per heavy atom. The smallest absolute Gasteiger partial charge is 0.157 e. The Morgan fingerprint density at radius 2 is 2.00 bits per heavy atom. The van der Waals surface area contributed by atoms with Crippen LogP contribution in [0.5, 0.6) is 0 Å². The third kappa shape index (κ3) is 4.73. The highest BCUT2D eigenvalue weighted by atomic mass is 16.5. The van der Waals surface area contributed by atoms with E-state index in [1.807, 2.05) is 0 Å². The lowest BCUT2D eigenvalue weighted by Crippen LogP contribution is -2.21. The Hall–Kier alpha value is -1.04. The summed E-state index contributed by atoms with van der Waals surface area (Å²) in [6.45, 7) is 7.67. The van der Waals surface area contributed by atoms with Gasteiger partial charge in [0, 0.05) is 31.6 Å². The largest absolute Gasteiger partial charge is 0.383 e. The molecule has 1 aromatic rings. The third-order valence-electron chi connectivity index (χ3n) is 3.92. The van der Waals surface area contributed by atoms with Crippen LogP contribution >= 0.6 is 0 Å². The van der Waals surface area contributed by atoms with Crippen LogP contribution in [0, 0.1) is 13.8 Å². The summed E-state index contributed by atoms with van der Waals surface area (Å²) in [7, 11) is 1.72. The molecule has 1 unspecified atom stereocenters. The molecule has 0 radical (unpaired) electrons. The maximum absolute atomic E-state index is 5.68.